The summed E-state index contributed by atoms with van der Waals surface area (Å²) < 4.78 is 1.52. The second-order valence-electron chi connectivity index (χ2n) is 6.87. The van der Waals surface area contributed by atoms with Crippen LogP contribution in [0.25, 0.3) is 4.96 Å². The Morgan fingerprint density at radius 3 is 2.68 bits per heavy atom. The molecule has 28 heavy (non-hydrogen) atoms. The predicted octanol–water partition coefficient (Wildman–Crippen LogP) is 2.97. The normalized spacial score (nSPS) is 16.6. The summed E-state index contributed by atoms with van der Waals surface area (Å²) in [5, 5.41) is 16.0. The number of fused-ring (bicyclic) bond motifs is 1. The van der Waals surface area contributed by atoms with Gasteiger partial charge in [-0.2, -0.15) is 4.52 Å². The number of aromatic nitrogens is 3. The Morgan fingerprint density at radius 2 is 2.07 bits per heavy atom. The first-order valence-electron chi connectivity index (χ1n) is 9.30. The van der Waals surface area contributed by atoms with E-state index in [1.165, 1.54) is 15.9 Å². The van der Waals surface area contributed by atoms with Crippen molar-refractivity contribution in [2.75, 3.05) is 26.2 Å². The summed E-state index contributed by atoms with van der Waals surface area (Å²) in [5.41, 5.74) is 0.999. The highest BCUT2D eigenvalue weighted by molar-refractivity contribution is 7.17. The van der Waals surface area contributed by atoms with Gasteiger partial charge < -0.3 is 10.0 Å². The quantitative estimate of drug-likeness (QED) is 0.703. The average molecular weight is 420 g/mol. The van der Waals surface area contributed by atoms with E-state index in [1.54, 1.807) is 6.92 Å². The highest BCUT2D eigenvalue weighted by atomic mass is 35.5. The molecule has 1 amide bonds. The SMILES string of the molecule is CCc1nc2sc(C(c3cccc(Cl)c3)N3CCN(C(C)=O)CC3)c(O)n2n1. The molecule has 7 nitrogen and oxygen atoms in total. The summed E-state index contributed by atoms with van der Waals surface area (Å²) in [7, 11) is 0. The molecule has 9 heteroatoms. The van der Waals surface area contributed by atoms with Gasteiger partial charge in [0.15, 0.2) is 5.82 Å². The first-order chi connectivity index (χ1) is 13.5. The molecule has 1 atom stereocenters. The zero-order chi connectivity index (χ0) is 19.8. The van der Waals surface area contributed by atoms with Crippen molar-refractivity contribution in [3.8, 4) is 5.88 Å². The third-order valence-electron chi connectivity index (χ3n) is 5.10. The molecule has 0 radical (unpaired) electrons. The van der Waals surface area contributed by atoms with Gasteiger partial charge in [-0.15, -0.1) is 5.10 Å². The number of thiazole rings is 1. The van der Waals surface area contributed by atoms with Crippen molar-refractivity contribution in [3.63, 3.8) is 0 Å². The van der Waals surface area contributed by atoms with E-state index >= 15 is 0 Å². The Hall–Kier alpha value is -2.16. The number of carbonyl (C=O) groups excluding carboxylic acids is 1. The van der Waals surface area contributed by atoms with Gasteiger partial charge in [0.05, 0.1) is 10.9 Å². The fraction of sp³-hybridized carbons (Fsp3) is 0.421. The van der Waals surface area contributed by atoms with E-state index in [1.807, 2.05) is 36.1 Å². The maximum absolute atomic E-state index is 11.7. The van der Waals surface area contributed by atoms with Crippen molar-refractivity contribution in [1.29, 1.82) is 0 Å². The van der Waals surface area contributed by atoms with Crippen LogP contribution in [0.3, 0.4) is 0 Å². The summed E-state index contributed by atoms with van der Waals surface area (Å²) in [4.78, 5) is 21.8. The van der Waals surface area contributed by atoms with Gasteiger partial charge in [-0.05, 0) is 17.7 Å². The van der Waals surface area contributed by atoms with Crippen molar-refractivity contribution < 1.29 is 9.90 Å². The lowest BCUT2D eigenvalue weighted by Crippen LogP contribution is -2.49. The summed E-state index contributed by atoms with van der Waals surface area (Å²) in [6, 6.07) is 7.52. The van der Waals surface area contributed by atoms with Crippen molar-refractivity contribution in [1.82, 2.24) is 24.4 Å². The summed E-state index contributed by atoms with van der Waals surface area (Å²) >= 11 is 7.70. The summed E-state index contributed by atoms with van der Waals surface area (Å²) in [5.74, 6) is 0.918. The minimum absolute atomic E-state index is 0.0905. The van der Waals surface area contributed by atoms with Gasteiger partial charge in [-0.1, -0.05) is 42.0 Å². The Kier molecular flexibility index (Phi) is 5.27. The van der Waals surface area contributed by atoms with Crippen LogP contribution in [0.2, 0.25) is 5.02 Å². The van der Waals surface area contributed by atoms with Gasteiger partial charge in [-0.3, -0.25) is 9.69 Å². The van der Waals surface area contributed by atoms with Crippen molar-refractivity contribution in [2.24, 2.45) is 0 Å². The third-order valence-corrected chi connectivity index (χ3v) is 6.40. The van der Waals surface area contributed by atoms with Crippen molar-refractivity contribution >= 4 is 33.8 Å². The molecular weight excluding hydrogens is 398 g/mol. The molecule has 1 aliphatic heterocycles. The van der Waals surface area contributed by atoms with E-state index in [2.05, 4.69) is 15.0 Å². The number of halogens is 1. The molecule has 1 saturated heterocycles. The van der Waals surface area contributed by atoms with Crippen LogP contribution in [-0.4, -0.2) is 61.6 Å². The molecular formula is C19H22ClN5O2S. The maximum Gasteiger partial charge on any atom is 0.230 e. The highest BCUT2D eigenvalue weighted by Gasteiger charge is 2.32. The fourth-order valence-electron chi connectivity index (χ4n) is 3.62. The van der Waals surface area contributed by atoms with Gasteiger partial charge in [0.2, 0.25) is 16.7 Å². The molecule has 148 valence electrons. The van der Waals surface area contributed by atoms with Gasteiger partial charge in [-0.25, -0.2) is 4.98 Å². The van der Waals surface area contributed by atoms with E-state index < -0.39 is 0 Å². The lowest BCUT2D eigenvalue weighted by atomic mass is 10.0. The molecule has 1 N–H and O–H groups in total. The first kappa shape index (κ1) is 19.2. The molecule has 1 aliphatic rings. The number of nitrogens with zero attached hydrogens (tertiary/aromatic N) is 5. The lowest BCUT2D eigenvalue weighted by molar-refractivity contribution is -0.130. The number of benzene rings is 1. The topological polar surface area (TPSA) is 74.0 Å². The lowest BCUT2D eigenvalue weighted by Gasteiger charge is -2.38. The molecule has 3 heterocycles. The Bertz CT molecular complexity index is 1010. The monoisotopic (exact) mass is 419 g/mol. The minimum atomic E-state index is -0.175. The van der Waals surface area contributed by atoms with E-state index in [4.69, 9.17) is 11.6 Å². The van der Waals surface area contributed by atoms with E-state index in [0.717, 1.165) is 10.4 Å². The number of hydrogen-bond acceptors (Lipinski definition) is 6. The number of hydrogen-bond donors (Lipinski definition) is 1. The van der Waals surface area contributed by atoms with Crippen molar-refractivity contribution in [3.05, 3.63) is 45.6 Å². The molecule has 1 aromatic carbocycles. The zero-order valence-electron chi connectivity index (χ0n) is 15.8. The van der Waals surface area contributed by atoms with Crippen LogP contribution in [0.4, 0.5) is 0 Å². The fourth-order valence-corrected chi connectivity index (χ4v) is 4.95. The predicted molar refractivity (Wildman–Crippen MR) is 109 cm³/mol. The second kappa shape index (κ2) is 7.69. The van der Waals surface area contributed by atoms with Crippen molar-refractivity contribution in [2.45, 2.75) is 26.3 Å². The standard InChI is InChI=1S/C19H22ClN5O2S/c1-3-15-21-19-25(22-15)18(27)17(28-19)16(13-5-4-6-14(20)11-13)24-9-7-23(8-10-24)12(2)26/h4-6,11,16,27H,3,7-10H2,1-2H3. The molecule has 1 fully saturated rings. The smallest absolute Gasteiger partial charge is 0.230 e. The largest absolute Gasteiger partial charge is 0.492 e. The van der Waals surface area contributed by atoms with Crippen LogP contribution in [0.5, 0.6) is 5.88 Å². The molecule has 3 aromatic rings. The first-order valence-corrected chi connectivity index (χ1v) is 10.5. The number of aryl methyl sites for hydroxylation is 1. The van der Waals surface area contributed by atoms with Crippen LogP contribution in [-0.2, 0) is 11.2 Å². The summed E-state index contributed by atoms with van der Waals surface area (Å²) in [6.45, 7) is 6.33. The van der Waals surface area contributed by atoms with Crippen LogP contribution in [0.15, 0.2) is 24.3 Å². The molecule has 0 spiro atoms. The highest BCUT2D eigenvalue weighted by Crippen LogP contribution is 2.40. The molecule has 0 bridgehead atoms. The van der Waals surface area contributed by atoms with Crippen LogP contribution in [0.1, 0.15) is 36.2 Å². The molecule has 0 aliphatic carbocycles. The van der Waals surface area contributed by atoms with Crippen LogP contribution < -0.4 is 0 Å². The van der Waals surface area contributed by atoms with Gasteiger partial charge in [0.1, 0.15) is 0 Å². The summed E-state index contributed by atoms with van der Waals surface area (Å²) in [6.07, 6.45) is 0.716. The number of piperazine rings is 1. The molecule has 0 saturated carbocycles. The number of amides is 1. The van der Waals surface area contributed by atoms with E-state index in [-0.39, 0.29) is 17.8 Å². The molecule has 1 unspecified atom stereocenters. The van der Waals surface area contributed by atoms with Gasteiger partial charge in [0.25, 0.3) is 0 Å². The Labute approximate surface area is 172 Å². The van der Waals surface area contributed by atoms with Crippen LogP contribution >= 0.6 is 22.9 Å². The number of rotatable bonds is 4. The maximum atomic E-state index is 11.7. The van der Waals surface area contributed by atoms with Gasteiger partial charge in [0, 0.05) is 44.5 Å². The molecule has 4 rings (SSSR count). The van der Waals surface area contributed by atoms with E-state index in [9.17, 15) is 9.90 Å². The van der Waals surface area contributed by atoms with E-state index in [0.29, 0.717) is 48.4 Å². The minimum Gasteiger partial charge on any atom is -0.492 e. The Morgan fingerprint density at radius 1 is 1.32 bits per heavy atom. The van der Waals surface area contributed by atoms with Gasteiger partial charge >= 0.3 is 0 Å². The Balaban J connectivity index is 1.74. The molecule has 2 aromatic heterocycles. The second-order valence-corrected chi connectivity index (χ2v) is 8.31. The third kappa shape index (κ3) is 3.47. The number of aromatic hydroxyl groups is 1. The number of carbonyl (C=O) groups is 1. The average Bonchev–Trinajstić information content (AvgIpc) is 3.22. The zero-order valence-corrected chi connectivity index (χ0v) is 17.4. The van der Waals surface area contributed by atoms with Crippen LogP contribution in [0, 0.1) is 0 Å².